The van der Waals surface area contributed by atoms with Crippen molar-refractivity contribution in [2.45, 2.75) is 25.8 Å². The van der Waals surface area contributed by atoms with Crippen molar-refractivity contribution in [1.29, 1.82) is 0 Å². The van der Waals surface area contributed by atoms with Gasteiger partial charge in [0.1, 0.15) is 17.0 Å². The second-order valence-electron chi connectivity index (χ2n) is 6.54. The minimum Gasteiger partial charge on any atom is -0.464 e. The number of carbonyl (C=O) groups excluding carboxylic acids is 1. The first-order valence-electron chi connectivity index (χ1n) is 8.88. The van der Waals surface area contributed by atoms with E-state index in [4.69, 9.17) is 16.3 Å². The van der Waals surface area contributed by atoms with Crippen LogP contribution in [0.25, 0.3) is 0 Å². The number of ether oxygens (including phenoxy) is 1. The summed E-state index contributed by atoms with van der Waals surface area (Å²) in [5, 5.41) is 3.26. The molecule has 1 unspecified atom stereocenters. The van der Waals surface area contributed by atoms with Gasteiger partial charge >= 0.3 is 13.6 Å². The SMILES string of the molecule is CCOC(=O)C1CCCN1c1cc(Cl)nc(NP(=O)(N2CC2)N2CC2)n1. The topological polar surface area (TPSA) is 90.4 Å². The van der Waals surface area contributed by atoms with E-state index in [9.17, 15) is 9.36 Å². The van der Waals surface area contributed by atoms with Crippen molar-refractivity contribution < 1.29 is 14.1 Å². The zero-order chi connectivity index (χ0) is 18.3. The largest absolute Gasteiger partial charge is 0.464 e. The summed E-state index contributed by atoms with van der Waals surface area (Å²) in [5.74, 6) is 0.517. The number of hydrogen-bond acceptors (Lipinski definition) is 6. The summed E-state index contributed by atoms with van der Waals surface area (Å²) in [5.41, 5.74) is 0. The van der Waals surface area contributed by atoms with Gasteiger partial charge in [-0.3, -0.25) is 9.65 Å². The number of anilines is 2. The second kappa shape index (κ2) is 6.96. The lowest BCUT2D eigenvalue weighted by atomic mass is 10.2. The third-order valence-corrected chi connectivity index (χ3v) is 7.67. The standard InChI is InChI=1S/C15H22ClN6O3P/c1-2-25-14(23)11-4-3-5-22(11)13-10-12(16)17-15(18-13)19-26(24,20-6-7-20)21-8-9-21/h10-11H,2-9H2,1H3,(H,17,18,19,24). The van der Waals surface area contributed by atoms with Crippen LogP contribution in [-0.4, -0.2) is 70.7 Å². The van der Waals surface area contributed by atoms with Gasteiger partial charge in [-0.15, -0.1) is 0 Å². The van der Waals surface area contributed by atoms with E-state index in [0.29, 0.717) is 25.4 Å². The van der Waals surface area contributed by atoms with Gasteiger partial charge in [0.05, 0.1) is 6.61 Å². The van der Waals surface area contributed by atoms with Crippen LogP contribution in [0.2, 0.25) is 5.15 Å². The first kappa shape index (κ1) is 18.0. The van der Waals surface area contributed by atoms with E-state index in [-0.39, 0.29) is 23.1 Å². The maximum absolute atomic E-state index is 13.2. The number of halogens is 1. The molecule has 0 amide bonds. The lowest BCUT2D eigenvalue weighted by Gasteiger charge is -2.25. The van der Waals surface area contributed by atoms with Crippen molar-refractivity contribution in [3.8, 4) is 0 Å². The smallest absolute Gasteiger partial charge is 0.328 e. The molecule has 4 heterocycles. The van der Waals surface area contributed by atoms with Crippen LogP contribution < -0.4 is 9.99 Å². The van der Waals surface area contributed by atoms with Gasteiger partial charge in [-0.1, -0.05) is 11.6 Å². The number of carbonyl (C=O) groups is 1. The summed E-state index contributed by atoms with van der Waals surface area (Å²) >= 11 is 6.19. The molecule has 0 aliphatic carbocycles. The van der Waals surface area contributed by atoms with Crippen molar-refractivity contribution >= 4 is 36.9 Å². The van der Waals surface area contributed by atoms with Gasteiger partial charge in [0, 0.05) is 38.8 Å². The Bertz CT molecular complexity index is 741. The molecular formula is C15H22ClN6O3P. The number of hydrogen-bond donors (Lipinski definition) is 1. The highest BCUT2D eigenvalue weighted by Crippen LogP contribution is 2.59. The summed E-state index contributed by atoms with van der Waals surface area (Å²) in [6.07, 6.45) is 1.58. The van der Waals surface area contributed by atoms with Crippen molar-refractivity contribution in [3.63, 3.8) is 0 Å². The fourth-order valence-corrected chi connectivity index (χ4v) is 5.65. The fraction of sp³-hybridized carbons (Fsp3) is 0.667. The Morgan fingerprint density at radius 2 is 2.00 bits per heavy atom. The van der Waals surface area contributed by atoms with Crippen LogP contribution in [-0.2, 0) is 14.1 Å². The molecule has 1 atom stereocenters. The molecular weight excluding hydrogens is 379 g/mol. The Morgan fingerprint density at radius 3 is 2.62 bits per heavy atom. The van der Waals surface area contributed by atoms with Crippen LogP contribution in [0.3, 0.4) is 0 Å². The Balaban J connectivity index is 1.58. The van der Waals surface area contributed by atoms with Crippen molar-refractivity contribution in [2.24, 2.45) is 0 Å². The minimum absolute atomic E-state index is 0.226. The molecule has 3 saturated heterocycles. The number of rotatable bonds is 7. The van der Waals surface area contributed by atoms with Crippen LogP contribution in [0.15, 0.2) is 6.07 Å². The Morgan fingerprint density at radius 1 is 1.31 bits per heavy atom. The van der Waals surface area contributed by atoms with E-state index in [0.717, 1.165) is 32.6 Å². The van der Waals surface area contributed by atoms with Gasteiger partial charge < -0.3 is 9.64 Å². The summed E-state index contributed by atoms with van der Waals surface area (Å²) in [4.78, 5) is 22.8. The fourth-order valence-electron chi connectivity index (χ4n) is 3.21. The van der Waals surface area contributed by atoms with Gasteiger partial charge in [-0.05, 0) is 19.8 Å². The van der Waals surface area contributed by atoms with Gasteiger partial charge in [-0.2, -0.15) is 4.98 Å². The molecule has 4 rings (SSSR count). The van der Waals surface area contributed by atoms with Crippen LogP contribution in [0.5, 0.6) is 0 Å². The molecule has 9 nitrogen and oxygen atoms in total. The summed E-state index contributed by atoms with van der Waals surface area (Å²) in [6, 6.07) is 1.25. The monoisotopic (exact) mass is 400 g/mol. The number of aromatic nitrogens is 2. The third-order valence-electron chi connectivity index (χ3n) is 4.65. The lowest BCUT2D eigenvalue weighted by molar-refractivity contribution is -0.144. The highest BCUT2D eigenvalue weighted by Gasteiger charge is 2.48. The molecule has 3 aliphatic heterocycles. The maximum atomic E-state index is 13.2. The van der Waals surface area contributed by atoms with Crippen molar-refractivity contribution in [2.75, 3.05) is 49.3 Å². The Labute approximate surface area is 157 Å². The lowest BCUT2D eigenvalue weighted by Crippen LogP contribution is -2.38. The first-order valence-corrected chi connectivity index (χ1v) is 10.9. The molecule has 3 fully saturated rings. The Kier molecular flexibility index (Phi) is 4.81. The quantitative estimate of drug-likeness (QED) is 0.318. The van der Waals surface area contributed by atoms with Gasteiger partial charge in [-0.25, -0.2) is 19.1 Å². The average molecular weight is 401 g/mol. The van der Waals surface area contributed by atoms with E-state index >= 15 is 0 Å². The second-order valence-corrected chi connectivity index (χ2v) is 9.37. The zero-order valence-corrected chi connectivity index (χ0v) is 16.2. The summed E-state index contributed by atoms with van der Waals surface area (Å²) < 4.78 is 22.2. The van der Waals surface area contributed by atoms with E-state index < -0.39 is 7.59 Å². The maximum Gasteiger partial charge on any atom is 0.328 e. The molecule has 3 aliphatic rings. The van der Waals surface area contributed by atoms with E-state index in [1.807, 2.05) is 14.2 Å². The molecule has 0 saturated carbocycles. The van der Waals surface area contributed by atoms with E-state index in [1.54, 1.807) is 13.0 Å². The van der Waals surface area contributed by atoms with Crippen LogP contribution >= 0.6 is 19.2 Å². The van der Waals surface area contributed by atoms with Gasteiger partial charge in [0.25, 0.3) is 0 Å². The van der Waals surface area contributed by atoms with Gasteiger partial charge in [0.2, 0.25) is 5.95 Å². The van der Waals surface area contributed by atoms with Crippen LogP contribution in [0.1, 0.15) is 19.8 Å². The van der Waals surface area contributed by atoms with Crippen LogP contribution in [0, 0.1) is 0 Å². The molecule has 1 aromatic rings. The molecule has 142 valence electrons. The minimum atomic E-state index is -2.86. The number of nitrogens with one attached hydrogen (secondary N) is 1. The van der Waals surface area contributed by atoms with Gasteiger partial charge in [0.15, 0.2) is 0 Å². The molecule has 0 spiro atoms. The van der Waals surface area contributed by atoms with Crippen molar-refractivity contribution in [1.82, 2.24) is 19.3 Å². The van der Waals surface area contributed by atoms with Crippen LogP contribution in [0.4, 0.5) is 11.8 Å². The number of nitrogens with zero attached hydrogens (tertiary/aromatic N) is 5. The number of esters is 1. The predicted octanol–water partition coefficient (Wildman–Crippen LogP) is 1.81. The van der Waals surface area contributed by atoms with E-state index in [1.165, 1.54) is 0 Å². The normalized spacial score (nSPS) is 23.2. The Hall–Kier alpha value is -1.41. The molecule has 0 radical (unpaired) electrons. The zero-order valence-electron chi connectivity index (χ0n) is 14.6. The summed E-state index contributed by atoms with van der Waals surface area (Å²) in [7, 11) is -2.86. The molecule has 11 heteroatoms. The highest BCUT2D eigenvalue weighted by atomic mass is 35.5. The average Bonchev–Trinajstić information content (AvgIpc) is 3.50. The molecule has 1 N–H and O–H groups in total. The molecule has 0 bridgehead atoms. The molecule has 1 aromatic heterocycles. The molecule has 26 heavy (non-hydrogen) atoms. The summed E-state index contributed by atoms with van der Waals surface area (Å²) in [6.45, 7) is 6.01. The molecule has 0 aromatic carbocycles. The highest BCUT2D eigenvalue weighted by molar-refractivity contribution is 7.61. The van der Waals surface area contributed by atoms with Crippen molar-refractivity contribution in [3.05, 3.63) is 11.2 Å². The van der Waals surface area contributed by atoms with E-state index in [2.05, 4.69) is 15.1 Å². The predicted molar refractivity (Wildman–Crippen MR) is 98.4 cm³/mol. The third kappa shape index (κ3) is 3.53. The first-order chi connectivity index (χ1) is 12.5.